The van der Waals surface area contributed by atoms with Crippen molar-refractivity contribution < 1.29 is 4.79 Å². The van der Waals surface area contributed by atoms with Gasteiger partial charge in [-0.3, -0.25) is 4.79 Å². The lowest BCUT2D eigenvalue weighted by atomic mass is 10.6. The highest BCUT2D eigenvalue weighted by Gasteiger charge is 1.97. The van der Waals surface area contributed by atoms with Gasteiger partial charge in [0.2, 0.25) is 0 Å². The van der Waals surface area contributed by atoms with Crippen molar-refractivity contribution in [2.45, 2.75) is 0 Å². The molecule has 0 aliphatic rings. The van der Waals surface area contributed by atoms with E-state index in [1.54, 1.807) is 0 Å². The summed E-state index contributed by atoms with van der Waals surface area (Å²) < 4.78 is 1.09. The number of hydrogen-bond acceptors (Lipinski definition) is 1. The summed E-state index contributed by atoms with van der Waals surface area (Å²) in [6.07, 6.45) is 1.18. The summed E-state index contributed by atoms with van der Waals surface area (Å²) in [7, 11) is 0. The number of nitrogens with zero attached hydrogens (tertiary/aromatic N) is 1. The fourth-order valence-corrected chi connectivity index (χ4v) is 0.359. The van der Waals surface area contributed by atoms with Crippen LogP contribution < -0.4 is 0 Å². The molecule has 0 aliphatic heterocycles. The second-order valence-corrected chi connectivity index (χ2v) is 3.15. The van der Waals surface area contributed by atoms with E-state index in [0.717, 1.165) is 2.95 Å². The third-order valence-electron chi connectivity index (χ3n) is 0.341. The maximum Gasteiger partial charge on any atom is 0.266 e. The molecule has 0 aromatic rings. The smallest absolute Gasteiger partial charge is 0.266 e. The number of halogens is 2. The molecule has 0 N–H and O–H groups in total. The molecule has 0 aromatic carbocycles. The normalized spacial score (nSPS) is 7.71. The van der Waals surface area contributed by atoms with Crippen LogP contribution in [0.25, 0.3) is 0 Å². The average Bonchev–Trinajstić information content (AvgIpc) is 1.65. The van der Waals surface area contributed by atoms with E-state index < -0.39 is 0 Å². The van der Waals surface area contributed by atoms with Crippen molar-refractivity contribution in [2.24, 2.45) is 0 Å². The minimum atomic E-state index is -0.222. The zero-order valence-electron chi connectivity index (χ0n) is 3.40. The quantitative estimate of drug-likeness (QED) is 0.494. The van der Waals surface area contributed by atoms with Gasteiger partial charge in [-0.15, -0.1) is 0 Å². The number of rotatable bonds is 1. The molecule has 0 atom stereocenters. The Morgan fingerprint density at radius 2 is 2.14 bits per heavy atom. The summed E-state index contributed by atoms with van der Waals surface area (Å²) >= 11 is 5.66. The number of carbonyl (C=O) groups is 1. The predicted octanol–water partition coefficient (Wildman–Crippen LogP) is 1.62. The van der Waals surface area contributed by atoms with Crippen LogP contribution in [0.3, 0.4) is 0 Å². The maximum atomic E-state index is 10.2. The first-order chi connectivity index (χ1) is 3.18. The Hall–Kier alpha value is 0.170. The molecule has 0 saturated heterocycles. The van der Waals surface area contributed by atoms with Crippen LogP contribution in [-0.4, -0.2) is 8.86 Å². The van der Waals surface area contributed by atoms with Gasteiger partial charge in [-0.25, -0.2) is 2.95 Å². The van der Waals surface area contributed by atoms with Gasteiger partial charge in [-0.1, -0.05) is 6.58 Å². The summed E-state index contributed by atoms with van der Waals surface area (Å²) in [6, 6.07) is 0. The van der Waals surface area contributed by atoms with Gasteiger partial charge in [0.05, 0.1) is 32.3 Å². The van der Waals surface area contributed by atoms with Crippen molar-refractivity contribution >= 4 is 38.2 Å². The van der Waals surface area contributed by atoms with Gasteiger partial charge in [0, 0.05) is 0 Å². The van der Waals surface area contributed by atoms with Crippen LogP contribution in [0.4, 0.5) is 0 Å². The molecule has 0 bridgehead atoms. The van der Waals surface area contributed by atoms with Crippen molar-refractivity contribution in [1.29, 1.82) is 0 Å². The Kier molecular flexibility index (Phi) is 3.29. The Bertz CT molecular complexity index is 90.9. The van der Waals surface area contributed by atoms with E-state index >= 15 is 0 Å². The fraction of sp³-hybridized carbons (Fsp3) is 0. The Morgan fingerprint density at radius 1 is 1.71 bits per heavy atom. The van der Waals surface area contributed by atoms with Gasteiger partial charge < -0.3 is 0 Å². The Balaban J connectivity index is 3.56. The largest absolute Gasteiger partial charge is 0.268 e. The van der Waals surface area contributed by atoms with Crippen LogP contribution in [0.2, 0.25) is 0 Å². The molecule has 0 unspecified atom stereocenters. The third kappa shape index (κ3) is 2.82. The monoisotopic (exact) mass is 227 g/mol. The van der Waals surface area contributed by atoms with Crippen molar-refractivity contribution in [3.8, 4) is 0 Å². The third-order valence-corrected chi connectivity index (χ3v) is 1.04. The zero-order valence-corrected chi connectivity index (χ0v) is 6.57. The average molecular weight is 229 g/mol. The second kappa shape index (κ2) is 3.21. The predicted molar refractivity (Wildman–Crippen MR) is 34.9 cm³/mol. The number of amides is 1. The first kappa shape index (κ1) is 7.17. The van der Waals surface area contributed by atoms with Crippen molar-refractivity contribution in [3.63, 3.8) is 0 Å². The SMILES string of the molecule is C=CC(=O)N(Br)Br. The molecule has 0 aromatic heterocycles. The number of carbonyl (C=O) groups excluding carboxylic acids is 1. The van der Waals surface area contributed by atoms with Crippen LogP contribution in [0.15, 0.2) is 12.7 Å². The first-order valence-corrected chi connectivity index (χ1v) is 2.88. The Labute approximate surface area is 58.9 Å². The summed E-state index contributed by atoms with van der Waals surface area (Å²) in [5, 5.41) is 0. The lowest BCUT2D eigenvalue weighted by Crippen LogP contribution is -2.03. The van der Waals surface area contributed by atoms with E-state index in [9.17, 15) is 4.79 Å². The molecule has 1 amide bonds. The van der Waals surface area contributed by atoms with Crippen LogP contribution >= 0.6 is 32.3 Å². The lowest BCUT2D eigenvalue weighted by Gasteiger charge is -1.95. The van der Waals surface area contributed by atoms with Crippen LogP contribution in [0, 0.1) is 0 Å². The maximum absolute atomic E-state index is 10.2. The minimum absolute atomic E-state index is 0.222. The summed E-state index contributed by atoms with van der Waals surface area (Å²) in [6.45, 7) is 3.23. The van der Waals surface area contributed by atoms with E-state index in [-0.39, 0.29) is 5.91 Å². The van der Waals surface area contributed by atoms with Gasteiger partial charge in [0.1, 0.15) is 0 Å². The lowest BCUT2D eigenvalue weighted by molar-refractivity contribution is -0.117. The molecule has 40 valence electrons. The highest BCUT2D eigenvalue weighted by Crippen LogP contribution is 2.04. The molecule has 2 nitrogen and oxygen atoms in total. The molecular formula is C3H3Br2NO. The van der Waals surface area contributed by atoms with Crippen molar-refractivity contribution in [1.82, 2.24) is 2.95 Å². The van der Waals surface area contributed by atoms with Gasteiger partial charge in [0.25, 0.3) is 5.91 Å². The van der Waals surface area contributed by atoms with E-state index in [2.05, 4.69) is 38.9 Å². The van der Waals surface area contributed by atoms with Crippen LogP contribution in [0.1, 0.15) is 0 Å². The molecule has 0 heterocycles. The van der Waals surface area contributed by atoms with Gasteiger partial charge in [0.15, 0.2) is 0 Å². The topological polar surface area (TPSA) is 20.3 Å². The zero-order chi connectivity index (χ0) is 5.86. The first-order valence-electron chi connectivity index (χ1n) is 1.46. The molecule has 7 heavy (non-hydrogen) atoms. The molecule has 0 fully saturated rings. The van der Waals surface area contributed by atoms with E-state index in [4.69, 9.17) is 0 Å². The molecule has 0 saturated carbocycles. The summed E-state index contributed by atoms with van der Waals surface area (Å²) in [5.41, 5.74) is 0. The van der Waals surface area contributed by atoms with E-state index in [1.165, 1.54) is 6.08 Å². The number of hydrogen-bond donors (Lipinski definition) is 0. The molecule has 0 spiro atoms. The van der Waals surface area contributed by atoms with Crippen LogP contribution in [0.5, 0.6) is 0 Å². The van der Waals surface area contributed by atoms with Gasteiger partial charge in [-0.2, -0.15) is 0 Å². The second-order valence-electron chi connectivity index (χ2n) is 0.775. The molecule has 4 heteroatoms. The van der Waals surface area contributed by atoms with E-state index in [0.29, 0.717) is 0 Å². The molecule has 0 radical (unpaired) electrons. The molecule has 0 aliphatic carbocycles. The Morgan fingerprint density at radius 3 is 2.14 bits per heavy atom. The summed E-state index contributed by atoms with van der Waals surface area (Å²) in [5.74, 6) is -0.222. The highest BCUT2D eigenvalue weighted by atomic mass is 79.9. The standard InChI is InChI=1S/C3H3Br2NO/c1-2-3(7)6(4)5/h2H,1H2. The fourth-order valence-electron chi connectivity index (χ4n) is 0.0690. The minimum Gasteiger partial charge on any atom is -0.268 e. The van der Waals surface area contributed by atoms with Gasteiger partial charge in [-0.05, 0) is 6.08 Å². The van der Waals surface area contributed by atoms with Gasteiger partial charge >= 0.3 is 0 Å². The summed E-state index contributed by atoms with van der Waals surface area (Å²) in [4.78, 5) is 10.2. The molecule has 0 rings (SSSR count). The van der Waals surface area contributed by atoms with Crippen molar-refractivity contribution in [3.05, 3.63) is 12.7 Å². The van der Waals surface area contributed by atoms with E-state index in [1.807, 2.05) is 0 Å². The highest BCUT2D eigenvalue weighted by molar-refractivity contribution is 9.21. The van der Waals surface area contributed by atoms with Crippen LogP contribution in [-0.2, 0) is 4.79 Å². The van der Waals surface area contributed by atoms with Crippen molar-refractivity contribution in [2.75, 3.05) is 0 Å². The molecular weight excluding hydrogens is 226 g/mol.